The number of hydrogen-bond acceptors (Lipinski definition) is 4. The van der Waals surface area contributed by atoms with Crippen LogP contribution in [0, 0.1) is 0 Å². The van der Waals surface area contributed by atoms with E-state index in [9.17, 15) is 13.2 Å². The van der Waals surface area contributed by atoms with Crippen LogP contribution in [0.5, 0.6) is 5.75 Å². The Balaban J connectivity index is 1.91. The first-order valence-corrected chi connectivity index (χ1v) is 10.7. The minimum absolute atomic E-state index is 0.0467. The fraction of sp³-hybridized carbons (Fsp3) is 0.350. The third-order valence-corrected chi connectivity index (χ3v) is 6.85. The van der Waals surface area contributed by atoms with E-state index in [0.29, 0.717) is 6.54 Å². The molecule has 8 heteroatoms. The lowest BCUT2D eigenvalue weighted by atomic mass is 10.1. The van der Waals surface area contributed by atoms with Gasteiger partial charge in [0.1, 0.15) is 5.75 Å². The lowest BCUT2D eigenvalue weighted by Crippen LogP contribution is -2.33. The quantitative estimate of drug-likeness (QED) is 0.685. The second-order valence-electron chi connectivity index (χ2n) is 6.94. The first-order chi connectivity index (χ1) is 13.2. The number of sulfonamides is 1. The fourth-order valence-electron chi connectivity index (χ4n) is 2.87. The van der Waals surface area contributed by atoms with Gasteiger partial charge in [-0.15, -0.1) is 0 Å². The minimum atomic E-state index is -3.66. The average Bonchev–Trinajstić information content (AvgIpc) is 3.51. The third-order valence-electron chi connectivity index (χ3n) is 4.71. The van der Waals surface area contributed by atoms with Gasteiger partial charge in [0.25, 0.3) is 5.91 Å². The van der Waals surface area contributed by atoms with Crippen LogP contribution >= 0.6 is 11.6 Å². The summed E-state index contributed by atoms with van der Waals surface area (Å²) >= 11 is 6.26. The van der Waals surface area contributed by atoms with Crippen LogP contribution in [0.3, 0.4) is 0 Å². The van der Waals surface area contributed by atoms with E-state index in [-0.39, 0.29) is 27.4 Å². The summed E-state index contributed by atoms with van der Waals surface area (Å²) in [5, 5.41) is 0.239. The molecule has 2 aromatic carbocycles. The number of amides is 1. The Morgan fingerprint density at radius 1 is 1.14 bits per heavy atom. The number of halogens is 1. The Kier molecular flexibility index (Phi) is 5.98. The lowest BCUT2D eigenvalue weighted by Gasteiger charge is -2.24. The molecule has 28 heavy (non-hydrogen) atoms. The second-order valence-corrected chi connectivity index (χ2v) is 9.50. The first-order valence-electron chi connectivity index (χ1n) is 8.90. The van der Waals surface area contributed by atoms with Crippen LogP contribution in [0.2, 0.25) is 5.02 Å². The van der Waals surface area contributed by atoms with E-state index >= 15 is 0 Å². The minimum Gasteiger partial charge on any atom is -0.497 e. The van der Waals surface area contributed by atoms with Crippen molar-refractivity contribution in [3.63, 3.8) is 0 Å². The van der Waals surface area contributed by atoms with Crippen molar-refractivity contribution in [2.75, 3.05) is 21.2 Å². The highest BCUT2D eigenvalue weighted by atomic mass is 35.5. The molecular formula is C20H23ClN2O4S. The van der Waals surface area contributed by atoms with Gasteiger partial charge >= 0.3 is 0 Å². The van der Waals surface area contributed by atoms with Crippen LogP contribution in [-0.4, -0.2) is 50.8 Å². The highest BCUT2D eigenvalue weighted by Gasteiger charge is 2.34. The smallest absolute Gasteiger partial charge is 0.255 e. The zero-order valence-electron chi connectivity index (χ0n) is 16.1. The highest BCUT2D eigenvalue weighted by molar-refractivity contribution is 7.89. The van der Waals surface area contributed by atoms with Gasteiger partial charge in [-0.05, 0) is 48.7 Å². The molecule has 0 heterocycles. The van der Waals surface area contributed by atoms with Crippen molar-refractivity contribution in [2.24, 2.45) is 0 Å². The molecule has 0 N–H and O–H groups in total. The number of benzene rings is 2. The number of carbonyl (C=O) groups excluding carboxylic acids is 1. The second kappa shape index (κ2) is 8.11. The summed E-state index contributed by atoms with van der Waals surface area (Å²) < 4.78 is 31.1. The Hall–Kier alpha value is -2.09. The predicted molar refractivity (Wildman–Crippen MR) is 108 cm³/mol. The Bertz CT molecular complexity index is 970. The van der Waals surface area contributed by atoms with Crippen molar-refractivity contribution in [3.05, 3.63) is 58.6 Å². The molecule has 0 spiro atoms. The van der Waals surface area contributed by atoms with Gasteiger partial charge in [0.2, 0.25) is 10.0 Å². The monoisotopic (exact) mass is 422 g/mol. The van der Waals surface area contributed by atoms with Crippen molar-refractivity contribution in [1.29, 1.82) is 0 Å². The summed E-state index contributed by atoms with van der Waals surface area (Å²) in [7, 11) is 0.846. The zero-order chi connectivity index (χ0) is 20.5. The third kappa shape index (κ3) is 4.32. The Labute approximate surface area is 170 Å². The molecule has 3 rings (SSSR count). The van der Waals surface area contributed by atoms with Crippen LogP contribution < -0.4 is 4.74 Å². The maximum atomic E-state index is 13.2. The van der Waals surface area contributed by atoms with Gasteiger partial charge in [-0.2, -0.15) is 0 Å². The van der Waals surface area contributed by atoms with E-state index in [0.717, 1.165) is 28.5 Å². The summed E-state index contributed by atoms with van der Waals surface area (Å²) in [4.78, 5) is 15.0. The average molecular weight is 423 g/mol. The van der Waals surface area contributed by atoms with Gasteiger partial charge in [-0.1, -0.05) is 23.7 Å². The normalized spacial score (nSPS) is 14.2. The SMILES string of the molecule is COc1ccc(CN(C(=O)c2cc(S(=O)(=O)N(C)C)ccc2Cl)C2CC2)cc1. The van der Waals surface area contributed by atoms with E-state index in [1.807, 2.05) is 24.3 Å². The molecule has 0 aliphatic heterocycles. The van der Waals surface area contributed by atoms with Gasteiger partial charge in [-0.25, -0.2) is 12.7 Å². The summed E-state index contributed by atoms with van der Waals surface area (Å²) in [6.07, 6.45) is 1.85. The first kappa shape index (κ1) is 20.6. The summed E-state index contributed by atoms with van der Waals surface area (Å²) in [5.74, 6) is 0.483. The number of carbonyl (C=O) groups is 1. The molecule has 0 bridgehead atoms. The molecule has 0 aromatic heterocycles. The molecule has 0 unspecified atom stereocenters. The Morgan fingerprint density at radius 3 is 2.32 bits per heavy atom. The molecule has 1 aliphatic carbocycles. The van der Waals surface area contributed by atoms with Crippen molar-refractivity contribution in [3.8, 4) is 5.75 Å². The van der Waals surface area contributed by atoms with E-state index in [1.165, 1.54) is 32.3 Å². The summed E-state index contributed by atoms with van der Waals surface area (Å²) in [6, 6.07) is 11.9. The number of nitrogens with zero attached hydrogens (tertiary/aromatic N) is 2. The van der Waals surface area contributed by atoms with Gasteiger partial charge in [0.15, 0.2) is 0 Å². The highest BCUT2D eigenvalue weighted by Crippen LogP contribution is 2.32. The molecule has 6 nitrogen and oxygen atoms in total. The maximum Gasteiger partial charge on any atom is 0.255 e. The molecule has 1 fully saturated rings. The van der Waals surface area contributed by atoms with Crippen molar-refractivity contribution in [2.45, 2.75) is 30.3 Å². The van der Waals surface area contributed by atoms with E-state index in [4.69, 9.17) is 16.3 Å². The van der Waals surface area contributed by atoms with Crippen LogP contribution in [0.4, 0.5) is 0 Å². The van der Waals surface area contributed by atoms with Gasteiger partial charge in [-0.3, -0.25) is 4.79 Å². The van der Waals surface area contributed by atoms with Crippen molar-refractivity contribution < 1.29 is 17.9 Å². The van der Waals surface area contributed by atoms with Crippen LogP contribution in [-0.2, 0) is 16.6 Å². The number of ether oxygens (including phenoxy) is 1. The van der Waals surface area contributed by atoms with Crippen LogP contribution in [0.15, 0.2) is 47.4 Å². The van der Waals surface area contributed by atoms with Crippen LogP contribution in [0.1, 0.15) is 28.8 Å². The zero-order valence-corrected chi connectivity index (χ0v) is 17.6. The number of rotatable bonds is 7. The largest absolute Gasteiger partial charge is 0.497 e. The maximum absolute atomic E-state index is 13.2. The number of methoxy groups -OCH3 is 1. The molecule has 0 radical (unpaired) electrons. The molecule has 0 saturated heterocycles. The molecule has 150 valence electrons. The van der Waals surface area contributed by atoms with Crippen LogP contribution in [0.25, 0.3) is 0 Å². The molecular weight excluding hydrogens is 400 g/mol. The topological polar surface area (TPSA) is 66.9 Å². The number of hydrogen-bond donors (Lipinski definition) is 0. The molecule has 1 aliphatic rings. The van der Waals surface area contributed by atoms with Gasteiger partial charge in [0.05, 0.1) is 22.6 Å². The van der Waals surface area contributed by atoms with E-state index in [1.54, 1.807) is 12.0 Å². The standard InChI is InChI=1S/C20H23ClN2O4S/c1-22(2)28(25,26)17-10-11-19(21)18(12-17)20(24)23(15-6-7-15)13-14-4-8-16(27-3)9-5-14/h4-5,8-12,15H,6-7,13H2,1-3H3. The van der Waals surface area contributed by atoms with Crippen molar-refractivity contribution >= 4 is 27.5 Å². The Morgan fingerprint density at radius 2 is 1.79 bits per heavy atom. The molecule has 1 amide bonds. The fourth-order valence-corrected chi connectivity index (χ4v) is 4.00. The van der Waals surface area contributed by atoms with Gasteiger partial charge in [0, 0.05) is 26.7 Å². The van der Waals surface area contributed by atoms with E-state index in [2.05, 4.69) is 0 Å². The molecule has 2 aromatic rings. The van der Waals surface area contributed by atoms with Gasteiger partial charge < -0.3 is 9.64 Å². The summed E-state index contributed by atoms with van der Waals surface area (Å²) in [5.41, 5.74) is 1.17. The molecule has 1 saturated carbocycles. The molecule has 0 atom stereocenters. The summed E-state index contributed by atoms with van der Waals surface area (Å²) in [6.45, 7) is 0.425. The van der Waals surface area contributed by atoms with E-state index < -0.39 is 10.0 Å². The lowest BCUT2D eigenvalue weighted by molar-refractivity contribution is 0.0730. The van der Waals surface area contributed by atoms with Crippen molar-refractivity contribution in [1.82, 2.24) is 9.21 Å². The predicted octanol–water partition coefficient (Wildman–Crippen LogP) is 3.40.